The number of hydrogen-bond acceptors (Lipinski definition) is 7. The summed E-state index contributed by atoms with van der Waals surface area (Å²) in [5.41, 5.74) is 1.06. The molecule has 26 heavy (non-hydrogen) atoms. The van der Waals surface area contributed by atoms with Gasteiger partial charge >= 0.3 is 0 Å². The minimum atomic E-state index is -0.252. The van der Waals surface area contributed by atoms with Gasteiger partial charge in [0.1, 0.15) is 22.7 Å². The van der Waals surface area contributed by atoms with Crippen molar-refractivity contribution in [3.05, 3.63) is 63.3 Å². The van der Waals surface area contributed by atoms with Gasteiger partial charge < -0.3 is 9.84 Å². The van der Waals surface area contributed by atoms with E-state index in [1.54, 1.807) is 30.6 Å². The molecule has 3 heterocycles. The molecule has 0 bridgehead atoms. The number of aromatic nitrogens is 2. The highest BCUT2D eigenvalue weighted by atomic mass is 32.1. The van der Waals surface area contributed by atoms with Gasteiger partial charge in [0.2, 0.25) is 0 Å². The van der Waals surface area contributed by atoms with Gasteiger partial charge in [0.25, 0.3) is 5.56 Å². The average Bonchev–Trinajstić information content (AvgIpc) is 3.32. The van der Waals surface area contributed by atoms with E-state index >= 15 is 0 Å². The van der Waals surface area contributed by atoms with Crippen LogP contribution in [0.15, 0.2) is 57.3 Å². The quantitative estimate of drug-likeness (QED) is 0.544. The summed E-state index contributed by atoms with van der Waals surface area (Å²) >= 11 is 3.00. The van der Waals surface area contributed by atoms with Crippen LogP contribution in [0.5, 0.6) is 11.5 Å². The lowest BCUT2D eigenvalue weighted by atomic mass is 10.2. The van der Waals surface area contributed by atoms with Crippen LogP contribution < -0.4 is 10.3 Å². The van der Waals surface area contributed by atoms with Gasteiger partial charge in [-0.15, -0.1) is 22.7 Å². The third-order valence-corrected chi connectivity index (χ3v) is 5.61. The molecule has 0 spiro atoms. The molecule has 1 N–H and O–H groups in total. The predicted molar refractivity (Wildman–Crippen MR) is 105 cm³/mol. The monoisotopic (exact) mass is 383 g/mol. The first-order valence-electron chi connectivity index (χ1n) is 7.61. The third-order valence-electron chi connectivity index (χ3n) is 3.82. The third kappa shape index (κ3) is 2.89. The number of fused-ring (bicyclic) bond motifs is 1. The summed E-state index contributed by atoms with van der Waals surface area (Å²) in [6.45, 7) is 0. The minimum Gasteiger partial charge on any atom is -0.507 e. The summed E-state index contributed by atoms with van der Waals surface area (Å²) < 4.78 is 6.31. The molecule has 0 atom stereocenters. The van der Waals surface area contributed by atoms with Crippen molar-refractivity contribution in [2.75, 3.05) is 7.11 Å². The molecule has 3 aromatic heterocycles. The number of benzene rings is 1. The molecule has 0 saturated heterocycles. The zero-order valence-electron chi connectivity index (χ0n) is 13.6. The molecule has 0 radical (unpaired) electrons. The topological polar surface area (TPSA) is 76.7 Å². The Hall–Kier alpha value is -2.97. The van der Waals surface area contributed by atoms with E-state index in [4.69, 9.17) is 4.74 Å². The Bertz CT molecular complexity index is 1160. The second-order valence-corrected chi connectivity index (χ2v) is 7.18. The summed E-state index contributed by atoms with van der Waals surface area (Å²) in [6.07, 6.45) is 2.79. The summed E-state index contributed by atoms with van der Waals surface area (Å²) in [4.78, 5) is 18.9. The summed E-state index contributed by atoms with van der Waals surface area (Å²) in [6, 6.07) is 8.71. The van der Waals surface area contributed by atoms with Gasteiger partial charge in [-0.3, -0.25) is 4.79 Å². The van der Waals surface area contributed by atoms with Crippen molar-refractivity contribution in [3.63, 3.8) is 0 Å². The molecule has 0 aliphatic carbocycles. The van der Waals surface area contributed by atoms with Crippen LogP contribution in [0.25, 0.3) is 20.7 Å². The maximum atomic E-state index is 12.9. The molecule has 130 valence electrons. The number of rotatable bonds is 4. The Labute approximate surface area is 156 Å². The highest BCUT2D eigenvalue weighted by molar-refractivity contribution is 7.18. The van der Waals surface area contributed by atoms with E-state index in [9.17, 15) is 9.90 Å². The highest BCUT2D eigenvalue weighted by Gasteiger charge is 2.13. The highest BCUT2D eigenvalue weighted by Crippen LogP contribution is 2.33. The van der Waals surface area contributed by atoms with Crippen LogP contribution in [0, 0.1) is 0 Å². The number of phenols is 1. The van der Waals surface area contributed by atoms with E-state index in [-0.39, 0.29) is 11.3 Å². The Morgan fingerprint density at radius 3 is 2.96 bits per heavy atom. The molecule has 0 aliphatic rings. The fraction of sp³-hybridized carbons (Fsp3) is 0.0556. The lowest BCUT2D eigenvalue weighted by Crippen LogP contribution is -2.16. The van der Waals surface area contributed by atoms with Crippen molar-refractivity contribution in [3.8, 4) is 21.9 Å². The Kier molecular flexibility index (Phi) is 4.27. The maximum Gasteiger partial charge on any atom is 0.283 e. The first-order chi connectivity index (χ1) is 12.7. The molecule has 0 unspecified atom stereocenters. The van der Waals surface area contributed by atoms with Crippen molar-refractivity contribution in [2.24, 2.45) is 5.10 Å². The van der Waals surface area contributed by atoms with E-state index in [1.807, 2.05) is 22.9 Å². The largest absolute Gasteiger partial charge is 0.507 e. The standard InChI is InChI=1S/C18H13N3O3S2/c1-24-12-4-5-14(22)11(7-12)8-20-21-10-19-17-16(18(21)23)13(9-26-17)15-3-2-6-25-15/h2-10,22H,1H3/b20-8+. The number of methoxy groups -OCH3 is 1. The zero-order valence-corrected chi connectivity index (χ0v) is 15.3. The van der Waals surface area contributed by atoms with E-state index < -0.39 is 0 Å². The lowest BCUT2D eigenvalue weighted by molar-refractivity contribution is 0.412. The molecule has 4 rings (SSSR count). The van der Waals surface area contributed by atoms with Crippen molar-refractivity contribution in [2.45, 2.75) is 0 Å². The molecule has 0 saturated carbocycles. The number of thiophene rings is 2. The van der Waals surface area contributed by atoms with Gasteiger partial charge in [-0.25, -0.2) is 4.98 Å². The first-order valence-corrected chi connectivity index (χ1v) is 9.37. The average molecular weight is 383 g/mol. The lowest BCUT2D eigenvalue weighted by Gasteiger charge is -2.03. The molecular weight excluding hydrogens is 370 g/mol. The van der Waals surface area contributed by atoms with Crippen molar-refractivity contribution < 1.29 is 9.84 Å². The molecule has 8 heteroatoms. The molecule has 6 nitrogen and oxygen atoms in total. The SMILES string of the molecule is COc1ccc(O)c(/C=N/n2cnc3scc(-c4cccs4)c3c2=O)c1. The van der Waals surface area contributed by atoms with Crippen LogP contribution in [0.2, 0.25) is 0 Å². The Morgan fingerprint density at radius 1 is 1.31 bits per heavy atom. The molecule has 1 aromatic carbocycles. The number of nitrogens with zero attached hydrogens (tertiary/aromatic N) is 3. The zero-order chi connectivity index (χ0) is 18.1. The molecule has 0 amide bonds. The molecular formula is C18H13N3O3S2. The van der Waals surface area contributed by atoms with Crippen molar-refractivity contribution in [1.29, 1.82) is 0 Å². The van der Waals surface area contributed by atoms with Crippen LogP contribution in [0.1, 0.15) is 5.56 Å². The van der Waals surface area contributed by atoms with E-state index in [2.05, 4.69) is 10.1 Å². The Morgan fingerprint density at radius 2 is 2.19 bits per heavy atom. The predicted octanol–water partition coefficient (Wildman–Crippen LogP) is 3.78. The van der Waals surface area contributed by atoms with Crippen LogP contribution in [-0.4, -0.2) is 28.1 Å². The second kappa shape index (κ2) is 6.74. The van der Waals surface area contributed by atoms with Gasteiger partial charge in [0.15, 0.2) is 0 Å². The van der Waals surface area contributed by atoms with Crippen LogP contribution >= 0.6 is 22.7 Å². The van der Waals surface area contributed by atoms with Crippen molar-refractivity contribution >= 4 is 39.1 Å². The Balaban J connectivity index is 1.80. The van der Waals surface area contributed by atoms with Gasteiger partial charge in [-0.2, -0.15) is 9.78 Å². The van der Waals surface area contributed by atoms with Gasteiger partial charge in [0.05, 0.1) is 18.7 Å². The van der Waals surface area contributed by atoms with E-state index in [0.29, 0.717) is 21.5 Å². The van der Waals surface area contributed by atoms with Gasteiger partial charge in [0, 0.05) is 21.4 Å². The van der Waals surface area contributed by atoms with Crippen LogP contribution in [0.3, 0.4) is 0 Å². The maximum absolute atomic E-state index is 12.9. The first kappa shape index (κ1) is 16.5. The summed E-state index contributed by atoms with van der Waals surface area (Å²) in [7, 11) is 1.54. The fourth-order valence-electron chi connectivity index (χ4n) is 2.51. The number of aromatic hydroxyl groups is 1. The minimum absolute atomic E-state index is 0.0476. The summed E-state index contributed by atoms with van der Waals surface area (Å²) in [5.74, 6) is 0.634. The van der Waals surface area contributed by atoms with Crippen molar-refractivity contribution in [1.82, 2.24) is 9.66 Å². The normalized spacial score (nSPS) is 11.4. The number of phenolic OH excluding ortho intramolecular Hbond substituents is 1. The number of hydrogen-bond donors (Lipinski definition) is 1. The smallest absolute Gasteiger partial charge is 0.283 e. The molecule has 0 fully saturated rings. The molecule has 0 aliphatic heterocycles. The number of ether oxygens (including phenoxy) is 1. The van der Waals surface area contributed by atoms with Crippen LogP contribution in [0.4, 0.5) is 0 Å². The summed E-state index contributed by atoms with van der Waals surface area (Å²) in [5, 5.41) is 18.6. The van der Waals surface area contributed by atoms with E-state index in [1.165, 1.54) is 34.6 Å². The van der Waals surface area contributed by atoms with Gasteiger partial charge in [-0.05, 0) is 29.6 Å². The van der Waals surface area contributed by atoms with Crippen LogP contribution in [-0.2, 0) is 0 Å². The second-order valence-electron chi connectivity index (χ2n) is 5.37. The molecule has 4 aromatic rings. The van der Waals surface area contributed by atoms with Gasteiger partial charge in [-0.1, -0.05) is 6.07 Å². The van der Waals surface area contributed by atoms with E-state index in [0.717, 1.165) is 10.4 Å². The fourth-order valence-corrected chi connectivity index (χ4v) is 4.23.